The molecule has 0 amide bonds. The van der Waals surface area contributed by atoms with Gasteiger partial charge in [-0.25, -0.2) is 0 Å². The molecule has 0 aromatic carbocycles. The molecule has 1 fully saturated rings. The molecule has 1 aromatic rings. The van der Waals surface area contributed by atoms with Crippen LogP contribution >= 0.6 is 0 Å². The van der Waals surface area contributed by atoms with Crippen molar-refractivity contribution >= 4 is 0 Å². The number of ether oxygens (including phenoxy) is 1. The Labute approximate surface area is 96.5 Å². The Balaban J connectivity index is 2.01. The van der Waals surface area contributed by atoms with Gasteiger partial charge in [0.25, 0.3) is 0 Å². The molecule has 2 rings (SSSR count). The highest BCUT2D eigenvalue weighted by atomic mass is 16.5. The van der Waals surface area contributed by atoms with Crippen LogP contribution in [0.1, 0.15) is 24.4 Å². The van der Waals surface area contributed by atoms with E-state index in [0.29, 0.717) is 12.1 Å². The first-order valence-electron chi connectivity index (χ1n) is 5.75. The van der Waals surface area contributed by atoms with E-state index in [0.717, 1.165) is 26.1 Å². The second kappa shape index (κ2) is 5.77. The van der Waals surface area contributed by atoms with Crippen molar-refractivity contribution in [2.75, 3.05) is 13.2 Å². The lowest BCUT2D eigenvalue weighted by Gasteiger charge is -2.21. The van der Waals surface area contributed by atoms with E-state index < -0.39 is 0 Å². The van der Waals surface area contributed by atoms with E-state index in [1.165, 1.54) is 5.56 Å². The Morgan fingerprint density at radius 2 is 2.38 bits per heavy atom. The molecule has 2 unspecified atom stereocenters. The minimum Gasteiger partial charge on any atom is -0.380 e. The lowest BCUT2D eigenvalue weighted by Crippen LogP contribution is -2.32. The average Bonchev–Trinajstić information content (AvgIpc) is 2.83. The first kappa shape index (κ1) is 11.3. The van der Waals surface area contributed by atoms with Crippen molar-refractivity contribution in [3.8, 4) is 0 Å². The van der Waals surface area contributed by atoms with E-state index >= 15 is 0 Å². The fraction of sp³-hybridized carbons (Fsp3) is 0.462. The monoisotopic (exact) mass is 218 g/mol. The summed E-state index contributed by atoms with van der Waals surface area (Å²) in [5.41, 5.74) is 1.27. The molecule has 3 nitrogen and oxygen atoms in total. The van der Waals surface area contributed by atoms with Crippen LogP contribution in [-0.2, 0) is 4.74 Å². The van der Waals surface area contributed by atoms with Gasteiger partial charge in [0.1, 0.15) is 0 Å². The Morgan fingerprint density at radius 1 is 1.56 bits per heavy atom. The molecule has 86 valence electrons. The van der Waals surface area contributed by atoms with Crippen molar-refractivity contribution < 1.29 is 4.74 Å². The van der Waals surface area contributed by atoms with Gasteiger partial charge in [-0.2, -0.15) is 0 Å². The normalized spacial score (nSPS) is 21.9. The Hall–Kier alpha value is -1.19. The van der Waals surface area contributed by atoms with Crippen LogP contribution in [0.4, 0.5) is 0 Å². The van der Waals surface area contributed by atoms with Crippen molar-refractivity contribution in [2.24, 2.45) is 0 Å². The molecular formula is C13H18N2O. The summed E-state index contributed by atoms with van der Waals surface area (Å²) < 4.78 is 5.37. The lowest BCUT2D eigenvalue weighted by molar-refractivity contribution is 0.188. The van der Waals surface area contributed by atoms with Crippen molar-refractivity contribution in [1.29, 1.82) is 0 Å². The highest BCUT2D eigenvalue weighted by Crippen LogP contribution is 2.19. The van der Waals surface area contributed by atoms with Crippen molar-refractivity contribution in [3.05, 3.63) is 42.7 Å². The van der Waals surface area contributed by atoms with Gasteiger partial charge in [-0.3, -0.25) is 4.98 Å². The zero-order valence-electron chi connectivity index (χ0n) is 9.43. The minimum absolute atomic E-state index is 0.326. The molecule has 1 N–H and O–H groups in total. The maximum Gasteiger partial charge on any atom is 0.0620 e. The molecule has 0 radical (unpaired) electrons. The zero-order chi connectivity index (χ0) is 11.2. The summed E-state index contributed by atoms with van der Waals surface area (Å²) in [5, 5.41) is 3.61. The second-order valence-corrected chi connectivity index (χ2v) is 4.08. The highest BCUT2D eigenvalue weighted by Gasteiger charge is 2.19. The van der Waals surface area contributed by atoms with Gasteiger partial charge in [-0.1, -0.05) is 6.08 Å². The summed E-state index contributed by atoms with van der Waals surface area (Å²) >= 11 is 0. The predicted octanol–water partition coefficient (Wildman–Crippen LogP) is 2.08. The van der Waals surface area contributed by atoms with Crippen LogP contribution in [0.25, 0.3) is 0 Å². The van der Waals surface area contributed by atoms with Gasteiger partial charge in [0.05, 0.1) is 6.61 Å². The summed E-state index contributed by atoms with van der Waals surface area (Å²) in [6, 6.07) is 4.90. The van der Waals surface area contributed by atoms with Crippen LogP contribution < -0.4 is 5.32 Å². The smallest absolute Gasteiger partial charge is 0.0620 e. The van der Waals surface area contributed by atoms with E-state index in [9.17, 15) is 0 Å². The van der Waals surface area contributed by atoms with Crippen LogP contribution in [-0.4, -0.2) is 24.2 Å². The minimum atomic E-state index is 0.326. The number of aromatic nitrogens is 1. The van der Waals surface area contributed by atoms with Crippen LogP contribution in [0.3, 0.4) is 0 Å². The summed E-state index contributed by atoms with van der Waals surface area (Å²) in [5.74, 6) is 0. The van der Waals surface area contributed by atoms with Crippen LogP contribution in [0.2, 0.25) is 0 Å². The summed E-state index contributed by atoms with van der Waals surface area (Å²) in [4.78, 5) is 4.04. The highest BCUT2D eigenvalue weighted by molar-refractivity contribution is 5.16. The van der Waals surface area contributed by atoms with Gasteiger partial charge in [0.2, 0.25) is 0 Å². The zero-order valence-corrected chi connectivity index (χ0v) is 9.43. The third kappa shape index (κ3) is 2.90. The molecule has 1 saturated heterocycles. The molecular weight excluding hydrogens is 200 g/mol. The van der Waals surface area contributed by atoms with Gasteiger partial charge in [-0.05, 0) is 30.5 Å². The van der Waals surface area contributed by atoms with Gasteiger partial charge in [0, 0.05) is 31.1 Å². The predicted molar refractivity (Wildman–Crippen MR) is 64.2 cm³/mol. The number of hydrogen-bond acceptors (Lipinski definition) is 3. The SMILES string of the molecule is C=CCC(NC1CCOC1)c1ccncc1. The van der Waals surface area contributed by atoms with Gasteiger partial charge >= 0.3 is 0 Å². The maximum atomic E-state index is 5.37. The quantitative estimate of drug-likeness (QED) is 0.768. The summed E-state index contributed by atoms with van der Waals surface area (Å²) in [6.45, 7) is 5.50. The number of nitrogens with one attached hydrogen (secondary N) is 1. The van der Waals surface area contributed by atoms with E-state index in [4.69, 9.17) is 4.74 Å². The van der Waals surface area contributed by atoms with Crippen molar-refractivity contribution in [1.82, 2.24) is 10.3 Å². The fourth-order valence-corrected chi connectivity index (χ4v) is 2.01. The van der Waals surface area contributed by atoms with Gasteiger partial charge < -0.3 is 10.1 Å². The van der Waals surface area contributed by atoms with Gasteiger partial charge in [0.15, 0.2) is 0 Å². The van der Waals surface area contributed by atoms with E-state index in [-0.39, 0.29) is 0 Å². The molecule has 1 aliphatic rings. The average molecular weight is 218 g/mol. The van der Waals surface area contributed by atoms with Crippen molar-refractivity contribution in [2.45, 2.75) is 24.9 Å². The molecule has 3 heteroatoms. The molecule has 1 aliphatic heterocycles. The third-order valence-corrected chi connectivity index (χ3v) is 2.88. The van der Waals surface area contributed by atoms with Crippen molar-refractivity contribution in [3.63, 3.8) is 0 Å². The molecule has 2 heterocycles. The molecule has 0 saturated carbocycles. The Bertz CT molecular complexity index is 320. The number of pyridine rings is 1. The molecule has 0 bridgehead atoms. The van der Waals surface area contributed by atoms with E-state index in [1.54, 1.807) is 0 Å². The first-order chi connectivity index (χ1) is 7.90. The van der Waals surface area contributed by atoms with E-state index in [2.05, 4.69) is 29.0 Å². The molecule has 0 spiro atoms. The fourth-order valence-electron chi connectivity index (χ4n) is 2.01. The topological polar surface area (TPSA) is 34.1 Å². The maximum absolute atomic E-state index is 5.37. The largest absolute Gasteiger partial charge is 0.380 e. The molecule has 2 atom stereocenters. The number of rotatable bonds is 5. The lowest BCUT2D eigenvalue weighted by atomic mass is 10.0. The molecule has 16 heavy (non-hydrogen) atoms. The third-order valence-electron chi connectivity index (χ3n) is 2.88. The second-order valence-electron chi connectivity index (χ2n) is 4.08. The molecule has 0 aliphatic carbocycles. The Kier molecular flexibility index (Phi) is 4.08. The number of nitrogens with zero attached hydrogens (tertiary/aromatic N) is 1. The number of hydrogen-bond donors (Lipinski definition) is 1. The summed E-state index contributed by atoms with van der Waals surface area (Å²) in [6.07, 6.45) is 7.64. The standard InChI is InChI=1S/C13H18N2O/c1-2-3-13(11-4-7-14-8-5-11)15-12-6-9-16-10-12/h2,4-5,7-8,12-13,15H,1,3,6,9-10H2. The summed E-state index contributed by atoms with van der Waals surface area (Å²) in [7, 11) is 0. The van der Waals surface area contributed by atoms with Crippen LogP contribution in [0.15, 0.2) is 37.2 Å². The van der Waals surface area contributed by atoms with E-state index in [1.807, 2.05) is 18.5 Å². The van der Waals surface area contributed by atoms with Crippen LogP contribution in [0, 0.1) is 0 Å². The van der Waals surface area contributed by atoms with Gasteiger partial charge in [-0.15, -0.1) is 6.58 Å². The first-order valence-corrected chi connectivity index (χ1v) is 5.75. The molecule has 1 aromatic heterocycles. The van der Waals surface area contributed by atoms with Crippen LogP contribution in [0.5, 0.6) is 0 Å². The Morgan fingerprint density at radius 3 is 3.00 bits per heavy atom.